The van der Waals surface area contributed by atoms with E-state index in [0.717, 1.165) is 12.8 Å². The Bertz CT molecular complexity index is 601. The van der Waals surface area contributed by atoms with Crippen molar-refractivity contribution in [1.29, 1.82) is 0 Å². The number of hydrogen-bond donors (Lipinski definition) is 1. The highest BCUT2D eigenvalue weighted by Crippen LogP contribution is 2.15. The van der Waals surface area contributed by atoms with E-state index in [4.69, 9.17) is 0 Å². The Morgan fingerprint density at radius 2 is 1.73 bits per heavy atom. The maximum absolute atomic E-state index is 12.2. The van der Waals surface area contributed by atoms with E-state index >= 15 is 0 Å². The van der Waals surface area contributed by atoms with Gasteiger partial charge in [0, 0.05) is 24.7 Å². The van der Waals surface area contributed by atoms with Crippen molar-refractivity contribution in [3.05, 3.63) is 29.8 Å². The van der Waals surface area contributed by atoms with Crippen molar-refractivity contribution in [1.82, 2.24) is 9.62 Å². The quantitative estimate of drug-likeness (QED) is 0.874. The van der Waals surface area contributed by atoms with Gasteiger partial charge in [0.25, 0.3) is 5.91 Å². The Balaban J connectivity index is 2.89. The molecule has 0 fully saturated rings. The van der Waals surface area contributed by atoms with Crippen molar-refractivity contribution < 1.29 is 13.2 Å². The normalized spacial score (nSPS) is 12.2. The third kappa shape index (κ3) is 5.42. The number of unbranched alkanes of at least 4 members (excludes halogenated alkanes) is 1. The Morgan fingerprint density at radius 3 is 2.18 bits per heavy atom. The molecule has 1 aromatic carbocycles. The van der Waals surface area contributed by atoms with E-state index in [-0.39, 0.29) is 10.8 Å². The van der Waals surface area contributed by atoms with Crippen LogP contribution in [0.1, 0.15) is 50.9 Å². The van der Waals surface area contributed by atoms with E-state index in [0.29, 0.717) is 12.1 Å². The summed E-state index contributed by atoms with van der Waals surface area (Å²) in [6, 6.07) is 6.05. The van der Waals surface area contributed by atoms with Crippen LogP contribution >= 0.6 is 0 Å². The zero-order valence-electron chi connectivity index (χ0n) is 14.0. The summed E-state index contributed by atoms with van der Waals surface area (Å²) in [6.45, 7) is 8.11. The van der Waals surface area contributed by atoms with Crippen LogP contribution in [0.4, 0.5) is 0 Å². The number of amides is 1. The number of nitrogens with zero attached hydrogens (tertiary/aromatic N) is 1. The first-order valence-corrected chi connectivity index (χ1v) is 8.94. The summed E-state index contributed by atoms with van der Waals surface area (Å²) in [4.78, 5) is 14.0. The standard InChI is InChI=1S/C16H26N2O3S/c1-6-7-12-18(5)15(19)13-8-10-14(11-9-13)22(20,21)17-16(2,3)4/h8-11,17H,6-7,12H2,1-5H3. The van der Waals surface area contributed by atoms with E-state index in [9.17, 15) is 13.2 Å². The van der Waals surface area contributed by atoms with Crippen LogP contribution in [0.5, 0.6) is 0 Å². The van der Waals surface area contributed by atoms with Gasteiger partial charge in [0.2, 0.25) is 10.0 Å². The molecule has 0 atom stereocenters. The van der Waals surface area contributed by atoms with Gasteiger partial charge < -0.3 is 4.90 Å². The molecule has 5 nitrogen and oxygen atoms in total. The van der Waals surface area contributed by atoms with Crippen LogP contribution in [-0.2, 0) is 10.0 Å². The second kappa shape index (κ2) is 7.24. The van der Waals surface area contributed by atoms with Crippen molar-refractivity contribution in [3.8, 4) is 0 Å². The zero-order chi connectivity index (χ0) is 17.0. The molecular formula is C16H26N2O3S. The first kappa shape index (κ1) is 18.6. The molecule has 0 aliphatic carbocycles. The molecule has 0 aliphatic rings. The maximum atomic E-state index is 12.2. The van der Waals surface area contributed by atoms with Gasteiger partial charge in [-0.3, -0.25) is 4.79 Å². The number of benzene rings is 1. The number of carbonyl (C=O) groups is 1. The monoisotopic (exact) mass is 326 g/mol. The zero-order valence-corrected chi connectivity index (χ0v) is 14.8. The van der Waals surface area contributed by atoms with Gasteiger partial charge in [-0.15, -0.1) is 0 Å². The number of sulfonamides is 1. The molecule has 0 bridgehead atoms. The summed E-state index contributed by atoms with van der Waals surface area (Å²) < 4.78 is 27.0. The van der Waals surface area contributed by atoms with Gasteiger partial charge >= 0.3 is 0 Å². The van der Waals surface area contributed by atoms with Crippen molar-refractivity contribution in [2.24, 2.45) is 0 Å². The molecular weight excluding hydrogens is 300 g/mol. The molecule has 6 heteroatoms. The Kier molecular flexibility index (Phi) is 6.14. The van der Waals surface area contributed by atoms with Crippen molar-refractivity contribution in [2.45, 2.75) is 51.0 Å². The molecule has 0 aliphatic heterocycles. The molecule has 124 valence electrons. The molecule has 0 unspecified atom stereocenters. The van der Waals surface area contributed by atoms with Gasteiger partial charge in [-0.2, -0.15) is 0 Å². The minimum absolute atomic E-state index is 0.0961. The molecule has 0 saturated carbocycles. The Morgan fingerprint density at radius 1 is 1.18 bits per heavy atom. The van der Waals surface area contributed by atoms with Crippen LogP contribution < -0.4 is 4.72 Å². The molecule has 0 heterocycles. The first-order chi connectivity index (χ1) is 10.1. The summed E-state index contributed by atoms with van der Waals surface area (Å²) in [5.74, 6) is -0.0961. The van der Waals surface area contributed by atoms with Gasteiger partial charge in [0.1, 0.15) is 0 Å². The van der Waals surface area contributed by atoms with Crippen LogP contribution in [-0.4, -0.2) is 38.4 Å². The van der Waals surface area contributed by atoms with Gasteiger partial charge in [0.05, 0.1) is 4.90 Å². The van der Waals surface area contributed by atoms with E-state index in [1.54, 1.807) is 44.9 Å². The fourth-order valence-electron chi connectivity index (χ4n) is 1.96. The molecule has 1 aromatic rings. The van der Waals surface area contributed by atoms with Crippen molar-refractivity contribution >= 4 is 15.9 Å². The molecule has 0 spiro atoms. The first-order valence-electron chi connectivity index (χ1n) is 7.46. The van der Waals surface area contributed by atoms with E-state index in [2.05, 4.69) is 11.6 Å². The fourth-order valence-corrected chi connectivity index (χ4v) is 3.37. The van der Waals surface area contributed by atoms with Crippen LogP contribution in [0.3, 0.4) is 0 Å². The lowest BCUT2D eigenvalue weighted by Crippen LogP contribution is -2.40. The molecule has 1 N–H and O–H groups in total. The van der Waals surface area contributed by atoms with Crippen molar-refractivity contribution in [3.63, 3.8) is 0 Å². The predicted octanol–water partition coefficient (Wildman–Crippen LogP) is 2.64. The molecule has 1 rings (SSSR count). The second-order valence-corrected chi connectivity index (χ2v) is 8.14. The number of nitrogens with one attached hydrogen (secondary N) is 1. The summed E-state index contributed by atoms with van der Waals surface area (Å²) in [5, 5.41) is 0. The summed E-state index contributed by atoms with van der Waals surface area (Å²) in [6.07, 6.45) is 1.97. The lowest BCUT2D eigenvalue weighted by molar-refractivity contribution is 0.0793. The van der Waals surface area contributed by atoms with Gasteiger partial charge in [-0.1, -0.05) is 13.3 Å². The van der Waals surface area contributed by atoms with E-state index < -0.39 is 15.6 Å². The number of carbonyl (C=O) groups excluding carboxylic acids is 1. The predicted molar refractivity (Wildman–Crippen MR) is 88.4 cm³/mol. The molecule has 22 heavy (non-hydrogen) atoms. The highest BCUT2D eigenvalue weighted by Gasteiger charge is 2.22. The summed E-state index contributed by atoms with van der Waals surface area (Å²) >= 11 is 0. The maximum Gasteiger partial charge on any atom is 0.253 e. The Hall–Kier alpha value is -1.40. The van der Waals surface area contributed by atoms with Crippen molar-refractivity contribution in [2.75, 3.05) is 13.6 Å². The minimum atomic E-state index is -3.57. The second-order valence-electron chi connectivity index (χ2n) is 6.46. The third-order valence-corrected chi connectivity index (χ3v) is 4.82. The lowest BCUT2D eigenvalue weighted by Gasteiger charge is -2.20. The molecule has 0 saturated heterocycles. The fraction of sp³-hybridized carbons (Fsp3) is 0.562. The van der Waals surface area contributed by atoms with Crippen LogP contribution in [0.25, 0.3) is 0 Å². The third-order valence-electron chi connectivity index (χ3n) is 3.05. The molecule has 0 aromatic heterocycles. The van der Waals surface area contributed by atoms with Crippen LogP contribution in [0.15, 0.2) is 29.2 Å². The van der Waals surface area contributed by atoms with Crippen LogP contribution in [0, 0.1) is 0 Å². The minimum Gasteiger partial charge on any atom is -0.342 e. The molecule has 1 amide bonds. The average Bonchev–Trinajstić information content (AvgIpc) is 2.41. The average molecular weight is 326 g/mol. The highest BCUT2D eigenvalue weighted by atomic mass is 32.2. The topological polar surface area (TPSA) is 66.5 Å². The summed E-state index contributed by atoms with van der Waals surface area (Å²) in [7, 11) is -1.82. The lowest BCUT2D eigenvalue weighted by atomic mass is 10.1. The highest BCUT2D eigenvalue weighted by molar-refractivity contribution is 7.89. The van der Waals surface area contributed by atoms with E-state index in [1.165, 1.54) is 12.1 Å². The van der Waals surface area contributed by atoms with E-state index in [1.807, 2.05) is 0 Å². The number of hydrogen-bond acceptors (Lipinski definition) is 3. The summed E-state index contributed by atoms with van der Waals surface area (Å²) in [5.41, 5.74) is -0.0541. The smallest absolute Gasteiger partial charge is 0.253 e. The number of rotatable bonds is 6. The SMILES string of the molecule is CCCCN(C)C(=O)c1ccc(S(=O)(=O)NC(C)(C)C)cc1. The van der Waals surface area contributed by atoms with Gasteiger partial charge in [-0.05, 0) is 51.5 Å². The Labute approximate surface area is 133 Å². The largest absolute Gasteiger partial charge is 0.342 e. The van der Waals surface area contributed by atoms with Gasteiger partial charge in [-0.25, -0.2) is 13.1 Å². The van der Waals surface area contributed by atoms with Crippen LogP contribution in [0.2, 0.25) is 0 Å². The van der Waals surface area contributed by atoms with Gasteiger partial charge in [0.15, 0.2) is 0 Å². The molecule has 0 radical (unpaired) electrons.